The number of anilines is 1. The van der Waals surface area contributed by atoms with Gasteiger partial charge in [-0.25, -0.2) is 4.79 Å². The van der Waals surface area contributed by atoms with Crippen molar-refractivity contribution in [1.29, 1.82) is 0 Å². The zero-order valence-corrected chi connectivity index (χ0v) is 16.5. The number of benzene rings is 1. The van der Waals surface area contributed by atoms with Crippen LogP contribution in [0.1, 0.15) is 24.8 Å². The molecule has 1 amide bonds. The van der Waals surface area contributed by atoms with E-state index in [9.17, 15) is 19.7 Å². The molecule has 0 spiro atoms. The van der Waals surface area contributed by atoms with Gasteiger partial charge < -0.3 is 9.64 Å². The topological polar surface area (TPSA) is 126 Å². The predicted molar refractivity (Wildman–Crippen MR) is 110 cm³/mol. The number of nitrogens with one attached hydrogen (secondary N) is 1. The van der Waals surface area contributed by atoms with Gasteiger partial charge in [0.1, 0.15) is 5.69 Å². The normalized spacial score (nSPS) is 19.8. The average Bonchev–Trinajstić information content (AvgIpc) is 3.07. The number of hydrogen-bond donors (Lipinski definition) is 1. The first-order valence-electron chi connectivity index (χ1n) is 8.91. The molecule has 0 aromatic heterocycles. The van der Waals surface area contributed by atoms with Crippen molar-refractivity contribution >= 4 is 46.4 Å². The Kier molecular flexibility index (Phi) is 6.60. The molecular weight excluding hydrogens is 398 g/mol. The fraction of sp³-hybridized carbons (Fsp3) is 0.333. The van der Waals surface area contributed by atoms with Crippen molar-refractivity contribution < 1.29 is 19.2 Å². The molecule has 11 heteroatoms. The molecule has 0 unspecified atom stereocenters. The van der Waals surface area contributed by atoms with Crippen LogP contribution >= 0.6 is 11.8 Å². The second-order valence-electron chi connectivity index (χ2n) is 6.29. The van der Waals surface area contributed by atoms with Gasteiger partial charge in [-0.3, -0.25) is 20.2 Å². The molecule has 0 aliphatic carbocycles. The van der Waals surface area contributed by atoms with Crippen molar-refractivity contribution in [3.8, 4) is 0 Å². The van der Waals surface area contributed by atoms with E-state index in [1.54, 1.807) is 12.1 Å². The van der Waals surface area contributed by atoms with Gasteiger partial charge in [-0.05, 0) is 37.1 Å². The molecule has 2 saturated heterocycles. The molecule has 1 aromatic rings. The van der Waals surface area contributed by atoms with Crippen molar-refractivity contribution in [2.45, 2.75) is 19.3 Å². The van der Waals surface area contributed by atoms with Gasteiger partial charge in [-0.15, -0.1) is 5.10 Å². The number of carbonyl (C=O) groups excluding carboxylic acids is 2. The number of piperidine rings is 1. The molecule has 29 heavy (non-hydrogen) atoms. The molecule has 1 N–H and O–H groups in total. The fourth-order valence-electron chi connectivity index (χ4n) is 2.96. The summed E-state index contributed by atoms with van der Waals surface area (Å²) in [5.41, 5.74) is 1.14. The summed E-state index contributed by atoms with van der Waals surface area (Å²) in [6.07, 6.45) is 5.62. The Morgan fingerprint density at radius 2 is 2.10 bits per heavy atom. The number of nitro benzene ring substituents is 1. The van der Waals surface area contributed by atoms with Crippen LogP contribution in [0.15, 0.2) is 39.4 Å². The molecule has 152 valence electrons. The average molecular weight is 417 g/mol. The Morgan fingerprint density at radius 1 is 1.34 bits per heavy atom. The summed E-state index contributed by atoms with van der Waals surface area (Å²) < 4.78 is 4.48. The third kappa shape index (κ3) is 5.19. The van der Waals surface area contributed by atoms with Crippen LogP contribution in [0.3, 0.4) is 0 Å². The van der Waals surface area contributed by atoms with Crippen molar-refractivity contribution in [1.82, 2.24) is 5.32 Å². The molecule has 0 radical (unpaired) electrons. The molecule has 2 fully saturated rings. The molecule has 10 nitrogen and oxygen atoms in total. The maximum absolute atomic E-state index is 11.8. The van der Waals surface area contributed by atoms with Crippen molar-refractivity contribution in [2.24, 2.45) is 10.2 Å². The van der Waals surface area contributed by atoms with Gasteiger partial charge in [-0.1, -0.05) is 6.07 Å². The first kappa shape index (κ1) is 20.5. The van der Waals surface area contributed by atoms with E-state index in [0.717, 1.165) is 50.2 Å². The second-order valence-corrected chi connectivity index (χ2v) is 7.32. The van der Waals surface area contributed by atoms with Crippen LogP contribution < -0.4 is 10.2 Å². The molecule has 2 heterocycles. The van der Waals surface area contributed by atoms with Gasteiger partial charge >= 0.3 is 5.97 Å². The molecule has 3 rings (SSSR count). The van der Waals surface area contributed by atoms with E-state index >= 15 is 0 Å². The first-order valence-corrected chi connectivity index (χ1v) is 9.73. The number of esters is 1. The van der Waals surface area contributed by atoms with Crippen LogP contribution in [0.2, 0.25) is 0 Å². The van der Waals surface area contributed by atoms with E-state index in [1.807, 2.05) is 4.90 Å². The summed E-state index contributed by atoms with van der Waals surface area (Å²) in [4.78, 5) is 36.3. The number of hydrogen-bond acceptors (Lipinski definition) is 9. The minimum atomic E-state index is -0.645. The summed E-state index contributed by atoms with van der Waals surface area (Å²) >= 11 is 0.948. The van der Waals surface area contributed by atoms with Gasteiger partial charge in [0.25, 0.3) is 11.6 Å². The van der Waals surface area contributed by atoms with Gasteiger partial charge in [0.05, 0.1) is 23.2 Å². The standard InChI is InChI=1S/C18H19N5O5S/c1-28-16(24)10-15-17(25)20-18(29-15)21-19-11-12-5-6-13(14(9-12)23(26)27)22-7-3-2-4-8-22/h5-6,9-11H,2-4,7-8H2,1H3,(H,20,21,25)/b15-10+,19-11?. The predicted octanol–water partition coefficient (Wildman–Crippen LogP) is 2.19. The molecule has 0 saturated carbocycles. The Hall–Kier alpha value is -3.21. The smallest absolute Gasteiger partial charge is 0.331 e. The highest BCUT2D eigenvalue weighted by Crippen LogP contribution is 2.31. The van der Waals surface area contributed by atoms with E-state index < -0.39 is 16.8 Å². The number of carbonyl (C=O) groups is 2. The highest BCUT2D eigenvalue weighted by atomic mass is 32.2. The van der Waals surface area contributed by atoms with Crippen molar-refractivity contribution in [3.05, 3.63) is 44.9 Å². The Balaban J connectivity index is 1.74. The summed E-state index contributed by atoms with van der Waals surface area (Å²) in [6, 6.07) is 4.92. The van der Waals surface area contributed by atoms with Crippen LogP contribution in [0.25, 0.3) is 0 Å². The maximum atomic E-state index is 11.8. The summed E-state index contributed by atoms with van der Waals surface area (Å²) in [7, 11) is 1.21. The number of amidine groups is 1. The Morgan fingerprint density at radius 3 is 2.79 bits per heavy atom. The molecule has 2 aliphatic heterocycles. The van der Waals surface area contributed by atoms with Gasteiger partial charge in [0.2, 0.25) is 0 Å². The van der Waals surface area contributed by atoms with Gasteiger partial charge in [0.15, 0.2) is 5.17 Å². The summed E-state index contributed by atoms with van der Waals surface area (Å²) in [5.74, 6) is -1.12. The summed E-state index contributed by atoms with van der Waals surface area (Å²) in [5, 5.41) is 21.9. The van der Waals surface area contributed by atoms with E-state index in [2.05, 4.69) is 20.3 Å². The first-order chi connectivity index (χ1) is 14.0. The molecule has 1 aromatic carbocycles. The number of rotatable bonds is 5. The number of thioether (sulfide) groups is 1. The van der Waals surface area contributed by atoms with Crippen LogP contribution in [0, 0.1) is 10.1 Å². The minimum Gasteiger partial charge on any atom is -0.466 e. The number of nitrogens with zero attached hydrogens (tertiary/aromatic N) is 4. The van der Waals surface area contributed by atoms with Crippen molar-refractivity contribution in [3.63, 3.8) is 0 Å². The third-order valence-electron chi connectivity index (χ3n) is 4.35. The summed E-state index contributed by atoms with van der Waals surface area (Å²) in [6.45, 7) is 1.61. The monoisotopic (exact) mass is 417 g/mol. The van der Waals surface area contributed by atoms with Crippen LogP contribution in [0.4, 0.5) is 11.4 Å². The molecule has 0 atom stereocenters. The lowest BCUT2D eigenvalue weighted by Gasteiger charge is -2.28. The van der Waals surface area contributed by atoms with E-state index in [1.165, 1.54) is 19.4 Å². The largest absolute Gasteiger partial charge is 0.466 e. The number of methoxy groups -OCH3 is 1. The highest BCUT2D eigenvalue weighted by Gasteiger charge is 2.25. The van der Waals surface area contributed by atoms with Crippen LogP contribution in [-0.2, 0) is 14.3 Å². The van der Waals surface area contributed by atoms with E-state index in [0.29, 0.717) is 11.3 Å². The van der Waals surface area contributed by atoms with Gasteiger partial charge in [0, 0.05) is 30.8 Å². The number of amides is 1. The van der Waals surface area contributed by atoms with Crippen LogP contribution in [-0.4, -0.2) is 48.4 Å². The molecule has 0 bridgehead atoms. The zero-order chi connectivity index (χ0) is 20.8. The third-order valence-corrected chi connectivity index (χ3v) is 5.25. The van der Waals surface area contributed by atoms with Crippen molar-refractivity contribution in [2.75, 3.05) is 25.1 Å². The van der Waals surface area contributed by atoms with Gasteiger partial charge in [-0.2, -0.15) is 5.10 Å². The highest BCUT2D eigenvalue weighted by molar-refractivity contribution is 8.18. The lowest BCUT2D eigenvalue weighted by Crippen LogP contribution is -2.29. The van der Waals surface area contributed by atoms with Crippen LogP contribution in [0.5, 0.6) is 0 Å². The fourth-order valence-corrected chi connectivity index (χ4v) is 3.70. The zero-order valence-electron chi connectivity index (χ0n) is 15.7. The Labute approximate surface area is 170 Å². The maximum Gasteiger partial charge on any atom is 0.331 e. The quantitative estimate of drug-likeness (QED) is 0.256. The van der Waals surface area contributed by atoms with E-state index in [4.69, 9.17) is 0 Å². The second kappa shape index (κ2) is 9.32. The molecule has 2 aliphatic rings. The minimum absolute atomic E-state index is 0.0235. The lowest BCUT2D eigenvalue weighted by atomic mass is 10.1. The number of nitro groups is 1. The van der Waals surface area contributed by atoms with E-state index in [-0.39, 0.29) is 15.8 Å². The molecular formula is C18H19N5O5S. The SMILES string of the molecule is COC(=O)/C=C1/S/C(=N\N=Cc2ccc(N3CCCCC3)c([N+](=O)[O-])c2)NC1=O. The Bertz CT molecular complexity index is 921. The lowest BCUT2D eigenvalue weighted by molar-refractivity contribution is -0.384. The number of ether oxygens (including phenoxy) is 1.